The van der Waals surface area contributed by atoms with Crippen molar-refractivity contribution < 1.29 is 126 Å². The van der Waals surface area contributed by atoms with Crippen molar-refractivity contribution in [2.75, 3.05) is 34.9 Å². The van der Waals surface area contributed by atoms with E-state index in [9.17, 15) is 39.5 Å². The number of rotatable bonds is 12. The maximum atomic E-state index is 15.2. The van der Waals surface area contributed by atoms with E-state index in [0.717, 1.165) is 63.8 Å². The van der Waals surface area contributed by atoms with Crippen LogP contribution in [-0.2, 0) is 60.5 Å². The fourth-order valence-electron chi connectivity index (χ4n) is 11.9. The summed E-state index contributed by atoms with van der Waals surface area (Å²) in [5.74, 6) is -8.22. The Labute approximate surface area is 627 Å². The molecule has 34 nitrogen and oxygen atoms in total. The average molecular weight is 1540 g/mol. The molecule has 41 heteroatoms. The summed E-state index contributed by atoms with van der Waals surface area (Å²) in [6.07, 6.45) is -7.65. The minimum Gasteiger partial charge on any atom is -0.776 e. The maximum absolute atomic E-state index is 15.2. The molecule has 536 valence electrons. The zero-order valence-corrected chi connectivity index (χ0v) is 62.8. The molecule has 1 fully saturated rings. The number of nitrogens with zero attached hydrogens (tertiary/aromatic N) is 8. The van der Waals surface area contributed by atoms with Gasteiger partial charge in [-0.05, 0) is 59.5 Å². The van der Waals surface area contributed by atoms with Crippen LogP contribution in [0.3, 0.4) is 0 Å². The van der Waals surface area contributed by atoms with E-state index in [1.165, 1.54) is 60.0 Å². The first kappa shape index (κ1) is 76.0. The largest absolute Gasteiger partial charge is 1.00 e. The minimum atomic E-state index is -2.96. The van der Waals surface area contributed by atoms with Crippen molar-refractivity contribution in [1.82, 2.24) is 66.1 Å². The standard InChI is InChI=1S/C62H62N14O20PS5.Na/c1-23(49(63)78)64-50(79)32-20-101-58(69-32)43-37(96-97(88)90-9)13-28-42(71-43)31-18-99-56(66-31)30-17-93-60(84)45-29-16-91-46(47(95-38-14-62(5,86)48(75(6)7)26(4)94-38)61(85)92-15-27-11-10-12-36(39(27)29)76(45)87)44(59-70-33(21-102-59)51(80)65-30)74-53(82)35-22-100-57(68-35)41(25(3)89-8)73-54(83)40(24(2)77)72-52(81)34-19-98-55(28)67-34;/h10-13,18-22,24,26,30,38,40,44,46-48,77,86-87H,1,14-17H2,2-9H3,(H2,63,78)(H,64,79)(H,65,80)(H,72,81)(H,73,83)(H,74,82);/q-1;+1/b41-25+;. The van der Waals surface area contributed by atoms with E-state index in [2.05, 4.69) is 48.1 Å². The number of benzene rings is 1. The predicted molar refractivity (Wildman–Crippen MR) is 363 cm³/mol. The topological polar surface area (TPSA) is 466 Å². The first-order valence-electron chi connectivity index (χ1n) is 30.6. The number of amides is 6. The van der Waals surface area contributed by atoms with Gasteiger partial charge in [0.05, 0.1) is 48.8 Å². The molecule has 1 saturated heterocycles. The Hall–Kier alpha value is -8.19. The molecule has 0 spiro atoms. The van der Waals surface area contributed by atoms with E-state index in [1.807, 2.05) is 0 Å². The number of allylic oxidation sites excluding steroid dienone is 1. The number of hydrogen-bond acceptors (Lipinski definition) is 32. The normalized spacial score (nSPS) is 23.6. The fourth-order valence-corrected chi connectivity index (χ4v) is 16.5. The Morgan fingerprint density at radius 1 is 0.874 bits per heavy atom. The third-order valence-electron chi connectivity index (χ3n) is 16.6. The van der Waals surface area contributed by atoms with Crippen molar-refractivity contribution in [1.29, 1.82) is 0 Å². The van der Waals surface area contributed by atoms with Gasteiger partial charge in [0.25, 0.3) is 29.5 Å². The number of hydrogen-bond donors (Lipinski definition) is 9. The smallest absolute Gasteiger partial charge is 0.776 e. The van der Waals surface area contributed by atoms with Crippen molar-refractivity contribution in [3.63, 3.8) is 0 Å². The van der Waals surface area contributed by atoms with Crippen molar-refractivity contribution >= 4 is 129 Å². The molecule has 7 aromatic heterocycles. The summed E-state index contributed by atoms with van der Waals surface area (Å²) in [6, 6.07) is 0.590. The summed E-state index contributed by atoms with van der Waals surface area (Å²) >= 11 is 4.37. The maximum Gasteiger partial charge on any atom is 1.00 e. The van der Waals surface area contributed by atoms with Crippen LogP contribution < -0.4 is 71.3 Å². The average Bonchev–Trinajstić information content (AvgIpc) is 1.63. The van der Waals surface area contributed by atoms with Crippen LogP contribution in [0.15, 0.2) is 69.2 Å². The molecule has 12 rings (SSSR count). The van der Waals surface area contributed by atoms with Gasteiger partial charge in [-0.2, -0.15) is 4.73 Å². The quantitative estimate of drug-likeness (QED) is 0.0204. The third-order valence-corrected chi connectivity index (χ3v) is 21.7. The number of thiazole rings is 5. The molecule has 11 heterocycles. The van der Waals surface area contributed by atoms with Gasteiger partial charge in [0.1, 0.15) is 122 Å². The number of fused-ring (bicyclic) bond motifs is 15. The van der Waals surface area contributed by atoms with Crippen LogP contribution in [0, 0.1) is 0 Å². The second kappa shape index (κ2) is 31.2. The molecule has 1 aromatic carbocycles. The molecule has 6 amide bonds. The molecular weight excluding hydrogens is 1480 g/mol. The van der Waals surface area contributed by atoms with E-state index in [1.54, 1.807) is 45.0 Å². The number of nitrogens with one attached hydrogen (secondary N) is 5. The number of cyclic esters (lactones) is 2. The molecule has 0 saturated carbocycles. The van der Waals surface area contributed by atoms with Crippen molar-refractivity contribution in [2.45, 2.75) is 108 Å². The first-order valence-corrected chi connectivity index (χ1v) is 36.1. The van der Waals surface area contributed by atoms with Crippen LogP contribution >= 0.6 is 65.3 Å². The zero-order valence-electron chi connectivity index (χ0n) is 55.9. The molecule has 4 aliphatic heterocycles. The SMILES string of the molecule is C=C(NC(=O)c1csc(-c2nc3c(cc2OP([O-])OC)-c2nc(cs2)C(=O)NC(C(C)O)C(=O)N/C(=C(\C)OC)c2nc(cs2)C(=O)NC2c4nc(cs4)C(=O)NC(COC(=O)c4c5c6c(cccc6n4O)COC(=O)C(OC4CC(C)(O)C(N(C)C)C(C)O4)C2OC5)c2nc-3cs2)n1)C(N)=O.[Na+]. The van der Waals surface area contributed by atoms with Crippen molar-refractivity contribution in [2.24, 2.45) is 5.73 Å². The van der Waals surface area contributed by atoms with E-state index >= 15 is 19.2 Å². The number of ether oxygens (including phenoxy) is 6. The molecule has 4 aliphatic rings. The van der Waals surface area contributed by atoms with E-state index in [4.69, 9.17) is 58.2 Å². The number of aliphatic hydroxyl groups is 2. The molecule has 0 radical (unpaired) electrons. The van der Waals surface area contributed by atoms with Gasteiger partial charge in [-0.25, -0.2) is 39.5 Å². The number of pyridine rings is 1. The second-order valence-corrected chi connectivity index (χ2v) is 29.2. The Balaban J connectivity index is 0.0000106. The molecule has 10 N–H and O–H groups in total. The molecule has 103 heavy (non-hydrogen) atoms. The number of likely N-dealkylation sites (N-methyl/N-ethyl adjacent to an activating group) is 1. The van der Waals surface area contributed by atoms with Gasteiger partial charge in [-0.3, -0.25) is 28.8 Å². The molecule has 12 bridgehead atoms. The van der Waals surface area contributed by atoms with Crippen molar-refractivity contribution in [3.05, 3.63) is 124 Å². The summed E-state index contributed by atoms with van der Waals surface area (Å²) in [5, 5.41) is 55.5. The first-order chi connectivity index (χ1) is 48.6. The number of methoxy groups -OCH3 is 1. The minimum absolute atomic E-state index is 0. The Morgan fingerprint density at radius 2 is 1.53 bits per heavy atom. The Bertz CT molecular complexity index is 4720. The van der Waals surface area contributed by atoms with E-state index < -0.39 is 148 Å². The number of aliphatic hydroxyl groups excluding tert-OH is 1. The number of carbonyl (C=O) groups is 8. The van der Waals surface area contributed by atoms with Gasteiger partial charge < -0.3 is 95.0 Å². The van der Waals surface area contributed by atoms with Crippen LogP contribution in [0.1, 0.15) is 125 Å². The van der Waals surface area contributed by atoms with Gasteiger partial charge in [0.15, 0.2) is 23.8 Å². The summed E-state index contributed by atoms with van der Waals surface area (Å²) < 4.78 is 49.1. The number of carbonyl (C=O) groups excluding carboxylic acids is 8. The van der Waals surface area contributed by atoms with E-state index in [-0.39, 0.29) is 146 Å². The van der Waals surface area contributed by atoms with Crippen LogP contribution in [0.4, 0.5) is 0 Å². The second-order valence-electron chi connectivity index (χ2n) is 23.8. The van der Waals surface area contributed by atoms with Gasteiger partial charge in [-0.1, -0.05) is 18.7 Å². The van der Waals surface area contributed by atoms with Gasteiger partial charge >= 0.3 is 41.5 Å². The number of primary amides is 1. The molecule has 0 aliphatic carbocycles. The number of aromatic nitrogens is 7. The summed E-state index contributed by atoms with van der Waals surface area (Å²) in [6.45, 7) is 7.61. The fraction of sp³-hybridized carbons (Fsp3) is 0.355. The molecule has 11 atom stereocenters. The van der Waals surface area contributed by atoms with Gasteiger partial charge in [-0.15, -0.1) is 56.7 Å². The van der Waals surface area contributed by atoms with Crippen LogP contribution in [0.5, 0.6) is 5.75 Å². The Morgan fingerprint density at radius 3 is 2.23 bits per heavy atom. The Kier molecular flexibility index (Phi) is 23.0. The number of esters is 2. The van der Waals surface area contributed by atoms with Crippen LogP contribution in [-0.4, -0.2) is 186 Å². The molecule has 8 aromatic rings. The molecule has 11 unspecified atom stereocenters. The zero-order chi connectivity index (χ0) is 72.9. The summed E-state index contributed by atoms with van der Waals surface area (Å²) in [4.78, 5) is 158. The molecular formula is C62H62N14NaO20PS5. The van der Waals surface area contributed by atoms with Gasteiger partial charge in [0, 0.05) is 56.9 Å². The van der Waals surface area contributed by atoms with Crippen LogP contribution in [0.25, 0.3) is 49.3 Å². The van der Waals surface area contributed by atoms with Gasteiger partial charge in [0.2, 0.25) is 5.91 Å². The van der Waals surface area contributed by atoms with E-state index in [0.29, 0.717) is 4.73 Å². The summed E-state index contributed by atoms with van der Waals surface area (Å²) in [5.41, 5.74) is 1.76. The number of nitrogens with two attached hydrogens (primary N) is 1. The monoisotopic (exact) mass is 1540 g/mol. The predicted octanol–water partition coefficient (Wildman–Crippen LogP) is 0.802. The van der Waals surface area contributed by atoms with Crippen LogP contribution in [0.2, 0.25) is 0 Å². The third kappa shape index (κ3) is 15.6. The summed E-state index contributed by atoms with van der Waals surface area (Å²) in [7, 11) is 2.96. The van der Waals surface area contributed by atoms with Crippen molar-refractivity contribution in [3.8, 4) is 38.4 Å².